The number of nitrogens with zero attached hydrogens (tertiary/aromatic N) is 11. The zero-order valence-corrected chi connectivity index (χ0v) is 81.1. The molecule has 11 heterocycles. The monoisotopic (exact) mass is 2130 g/mol. The molecule has 0 aromatic carbocycles. The molecule has 0 aliphatic carbocycles. The summed E-state index contributed by atoms with van der Waals surface area (Å²) >= 11 is 16.2. The van der Waals surface area contributed by atoms with Crippen LogP contribution < -0.4 is 45.3 Å². The van der Waals surface area contributed by atoms with Gasteiger partial charge in [-0.3, -0.25) is 106 Å². The average Bonchev–Trinajstić information content (AvgIpc) is 1.64. The summed E-state index contributed by atoms with van der Waals surface area (Å²) in [6.45, 7) is -14.0. The Hall–Kier alpha value is -4.82. The van der Waals surface area contributed by atoms with E-state index in [2.05, 4.69) is 49.8 Å². The molecule has 4 fully saturated rings. The van der Waals surface area contributed by atoms with Crippen molar-refractivity contribution in [3.63, 3.8) is 0 Å². The van der Waals surface area contributed by atoms with Gasteiger partial charge in [0.2, 0.25) is 17.8 Å². The van der Waals surface area contributed by atoms with Crippen molar-refractivity contribution in [2.45, 2.75) is 171 Å². The van der Waals surface area contributed by atoms with E-state index in [0.717, 1.165) is 10.9 Å². The minimum atomic E-state index is -5.20. The number of phosphoric acid groups is 6. The van der Waals surface area contributed by atoms with Crippen LogP contribution >= 0.6 is 67.1 Å². The lowest BCUT2D eigenvalue weighted by Gasteiger charge is -2.28. The van der Waals surface area contributed by atoms with Crippen molar-refractivity contribution in [2.75, 3.05) is 116 Å². The number of hydrogen-bond donors (Lipinski definition) is 16. The minimum Gasteiger partial charge on any atom is -0.383 e. The number of fused-ring (bicyclic) bond motifs is 3. The molecule has 748 valence electrons. The van der Waals surface area contributed by atoms with Crippen LogP contribution in [0.2, 0.25) is 0 Å². The molecule has 7 aromatic rings. The van der Waals surface area contributed by atoms with E-state index >= 15 is 0 Å². The van der Waals surface area contributed by atoms with Crippen molar-refractivity contribution in [1.29, 1.82) is 0 Å². The van der Waals surface area contributed by atoms with Crippen molar-refractivity contribution >= 4 is 160 Å². The molecule has 72 heteroatoms. The second-order valence-corrected chi connectivity index (χ2v) is 46.7. The highest BCUT2D eigenvalue weighted by molar-refractivity contribution is 8.07. The summed E-state index contributed by atoms with van der Waals surface area (Å²) in [6, 6.07) is 1.29. The summed E-state index contributed by atoms with van der Waals surface area (Å²) in [4.78, 5) is 183. The van der Waals surface area contributed by atoms with E-state index < -0.39 is 261 Å². The van der Waals surface area contributed by atoms with Gasteiger partial charge in [-0.05, 0) is 99.8 Å². The summed E-state index contributed by atoms with van der Waals surface area (Å²) in [5.41, 5.74) is 20.0. The number of ether oxygens (including phenoxy) is 5. The molecule has 11 rings (SSSR count). The molecule has 4 aliphatic rings. The molecule has 0 radical (unpaired) electrons. The first-order valence-corrected chi connectivity index (χ1v) is 56.5. The smallest absolute Gasteiger partial charge is 0.383 e. The summed E-state index contributed by atoms with van der Waals surface area (Å²) in [5, 5.41) is 0. The molecule has 0 spiro atoms. The van der Waals surface area contributed by atoms with E-state index in [1.165, 1.54) is 45.7 Å². The third-order valence-electron chi connectivity index (χ3n) is 18.8. The predicted octanol–water partition coefficient (Wildman–Crippen LogP) is 3.18. The van der Waals surface area contributed by atoms with Crippen molar-refractivity contribution in [3.8, 4) is 0 Å². The molecular weight excluding hydrogens is 2030 g/mol. The molecule has 4 saturated heterocycles. The van der Waals surface area contributed by atoms with Gasteiger partial charge in [0.05, 0.1) is 129 Å². The molecule has 0 bridgehead atoms. The third kappa shape index (κ3) is 31.8. The molecule has 7 aromatic heterocycles. The molecule has 133 heavy (non-hydrogen) atoms. The molecule has 11 unspecified atom stereocenters. The zero-order chi connectivity index (χ0) is 97.0. The van der Waals surface area contributed by atoms with Crippen molar-refractivity contribution in [3.05, 3.63) is 72.8 Å². The number of phosphoric ester groups is 6. The lowest BCUT2D eigenvalue weighted by molar-refractivity contribution is -0.0625. The van der Waals surface area contributed by atoms with E-state index in [1.54, 1.807) is 13.8 Å². The number of imidazole rings is 3. The van der Waals surface area contributed by atoms with Gasteiger partial charge in [-0.2, -0.15) is 19.9 Å². The highest BCUT2D eigenvalue weighted by Crippen LogP contribution is 2.57. The SMILES string of the molecule is CO[C@H]1C(OP(O)(=S)OC(C)C)[C@@H](COP(=O)(O)OCCCOP(=O)(O)OCCCOP(=O)(O)OCCCOP(=O)(O)OCCCOP(=O)(O)OCCCOP(=O)(O)O[C@@H]2C[C@H](n3cnc4c(=O)[nH]c(N)nc43)O[C@@H]2COP(O)(=S)O[C@@H]2C[C@H](n3cnc4c(=O)[nH]c(N)nc43)O[C@@H]2COP(O)(=S)OC2C[C@H](n3cnc4c(=O)[nH]c(N)nc43)O[C@@H]2CC(C)C)O[C@H]1n1ccc(N)nc1=O. The lowest BCUT2D eigenvalue weighted by Crippen LogP contribution is -2.39. The summed E-state index contributed by atoms with van der Waals surface area (Å²) in [6.07, 6.45) is -13.0. The first-order chi connectivity index (χ1) is 62.4. The zero-order valence-electron chi connectivity index (χ0n) is 70.6. The number of nitrogens with two attached hydrogens (primary N) is 4. The van der Waals surface area contributed by atoms with Crippen molar-refractivity contribution in [2.24, 2.45) is 5.92 Å². The Morgan fingerprint density at radius 1 is 0.421 bits per heavy atom. The van der Waals surface area contributed by atoms with Crippen LogP contribution in [0.25, 0.3) is 33.5 Å². The number of rotatable bonds is 56. The highest BCUT2D eigenvalue weighted by Gasteiger charge is 2.52. The van der Waals surface area contributed by atoms with Gasteiger partial charge in [0.1, 0.15) is 61.1 Å². The fourth-order valence-corrected chi connectivity index (χ4v) is 23.1. The predicted molar refractivity (Wildman–Crippen MR) is 465 cm³/mol. The molecule has 20 N–H and O–H groups in total. The number of nitrogens with one attached hydrogen (secondary N) is 3. The Kier molecular flexibility index (Phi) is 38.1. The Morgan fingerprint density at radius 3 is 1.10 bits per heavy atom. The maximum absolute atomic E-state index is 13.7. The van der Waals surface area contributed by atoms with E-state index in [9.17, 15) is 90.6 Å². The molecule has 4 aliphatic heterocycles. The van der Waals surface area contributed by atoms with Gasteiger partial charge in [-0.15, -0.1) is 0 Å². The van der Waals surface area contributed by atoms with E-state index in [4.69, 9.17) is 163 Å². The van der Waals surface area contributed by atoms with Gasteiger partial charge in [0.25, 0.3) is 16.7 Å². The van der Waals surface area contributed by atoms with Gasteiger partial charge in [-0.25, -0.2) is 47.1 Å². The summed E-state index contributed by atoms with van der Waals surface area (Å²) in [7, 11) is -28.2. The number of aromatic amines is 3. The maximum atomic E-state index is 13.7. The second kappa shape index (κ2) is 46.7. The van der Waals surface area contributed by atoms with Crippen LogP contribution in [-0.2, 0) is 168 Å². The van der Waals surface area contributed by atoms with E-state index in [-0.39, 0.29) is 114 Å². The fraction of sp³-hybridized carbons (Fsp3) is 0.689. The van der Waals surface area contributed by atoms with E-state index in [1.807, 2.05) is 13.8 Å². The fourth-order valence-electron chi connectivity index (χ4n) is 13.3. The van der Waals surface area contributed by atoms with Crippen LogP contribution in [0.3, 0.4) is 0 Å². The number of methoxy groups -OCH3 is 1. The van der Waals surface area contributed by atoms with Crippen LogP contribution in [0, 0.1) is 5.92 Å². The van der Waals surface area contributed by atoms with Crippen molar-refractivity contribution in [1.82, 2.24) is 68.1 Å². The maximum Gasteiger partial charge on any atom is 0.472 e. The number of nitrogen functional groups attached to an aromatic ring is 4. The molecule has 0 amide bonds. The number of aromatic nitrogens is 14. The standard InChI is InChI=1S/C61H99N18O42P9S3/c1-33(2)23-35-36(24-43(113-35)77-30-66-46-51(77)70-58(63)73-54(46)80)119-128(96,131)112-28-40-38(26-45(115-40)79-32-68-48-53(79)72-60(65)75-56(48)82)120-129(97,132)111-27-39-37(25-44(114-39)78-31-67-47-52(78)71-59(64)74-55(47)81)118-127(94,95)109-22-10-20-107-125(90,91)105-18-8-16-103-123(86,87)101-14-6-13-100-122(84,85)102-15-7-17-104-124(88,89)106-19-9-21-108-126(92,93)110-29-41-49(121-130(98,133)117-34(3)4)50(99-5)57(116-41)76-12-11-42(62)69-61(76)83/h11-12,30-41,43-45,49-50,57H,6-10,13-29H2,1-5H3,(H,84,85)(H,86,87)(H,88,89)(H,90,91)(H,92,93)(H,94,95)(H,96,131)(H,97,132)(H,98,133)(H2,62,69,83)(H3,63,70,73,80)(H3,64,71,74,81)(H3,65,72,75,82)/t35-,36?,37-,38-,39-,40-,41-,43-,44-,45-,49?,50+,57-,128?,129?,130?/m1/s1. The van der Waals surface area contributed by atoms with Gasteiger partial charge < -0.3 is 113 Å². The molecule has 22 atom stereocenters. The van der Waals surface area contributed by atoms with Crippen LogP contribution in [-0.4, -0.2) is 266 Å². The van der Waals surface area contributed by atoms with Crippen LogP contribution in [0.5, 0.6) is 0 Å². The Morgan fingerprint density at radius 2 is 0.752 bits per heavy atom. The molecular formula is C61H99N18O42P9S3. The Balaban J connectivity index is 0.575. The lowest BCUT2D eigenvalue weighted by atomic mass is 10.0. The summed E-state index contributed by atoms with van der Waals surface area (Å²) in [5.74, 6) is -0.837. The number of H-pyrrole nitrogens is 3. The van der Waals surface area contributed by atoms with Gasteiger partial charge in [0, 0.05) is 32.6 Å². The van der Waals surface area contributed by atoms with Gasteiger partial charge in [-0.1, -0.05) is 13.8 Å². The Bertz CT molecular complexity index is 5880. The average molecular weight is 2130 g/mol. The largest absolute Gasteiger partial charge is 0.472 e. The number of anilines is 4. The van der Waals surface area contributed by atoms with Crippen LogP contribution in [0.4, 0.5) is 23.7 Å². The second-order valence-electron chi connectivity index (χ2n) is 29.7. The third-order valence-corrected chi connectivity index (χ3v) is 29.8. The quantitative estimate of drug-likeness (QED) is 0.0192. The number of hydrogen-bond acceptors (Lipinski definition) is 47. The molecule has 0 saturated carbocycles. The van der Waals surface area contributed by atoms with E-state index in [0.29, 0.717) is 6.42 Å². The minimum absolute atomic E-state index is 0.00968. The first kappa shape index (κ1) is 109. The van der Waals surface area contributed by atoms with Gasteiger partial charge >= 0.3 is 72.8 Å². The highest BCUT2D eigenvalue weighted by atomic mass is 32.5. The summed E-state index contributed by atoms with van der Waals surface area (Å²) < 4.78 is 207. The first-order valence-electron chi connectivity index (χ1n) is 39.8. The molecule has 60 nitrogen and oxygen atoms in total. The van der Waals surface area contributed by atoms with Gasteiger partial charge in [0.15, 0.2) is 39.7 Å². The normalized spacial score (nSPS) is 26.1. The van der Waals surface area contributed by atoms with Crippen LogP contribution in [0.1, 0.15) is 110 Å². The topological polar surface area (TPSA) is 826 Å². The van der Waals surface area contributed by atoms with Crippen LogP contribution in [0.15, 0.2) is 50.4 Å². The van der Waals surface area contributed by atoms with Crippen molar-refractivity contribution < 1.29 is 177 Å². The Labute approximate surface area is 766 Å².